The number of aryl methyl sites for hydroxylation is 2. The first-order chi connectivity index (χ1) is 12.6. The molecule has 0 aliphatic rings. The van der Waals surface area contributed by atoms with Gasteiger partial charge in [0, 0.05) is 11.1 Å². The molecule has 0 amide bonds. The normalized spacial score (nSPS) is 10.6. The molecule has 0 aliphatic carbocycles. The van der Waals surface area contributed by atoms with Crippen molar-refractivity contribution in [2.45, 2.75) is 52.4 Å². The van der Waals surface area contributed by atoms with Crippen LogP contribution in [0.5, 0.6) is 11.5 Å². The van der Waals surface area contributed by atoms with Crippen molar-refractivity contribution in [3.8, 4) is 11.5 Å². The molecule has 0 saturated carbocycles. The van der Waals surface area contributed by atoms with Gasteiger partial charge in [0.1, 0.15) is 11.5 Å². The molecule has 0 bridgehead atoms. The van der Waals surface area contributed by atoms with Gasteiger partial charge in [-0.3, -0.25) is 4.79 Å². The zero-order valence-corrected chi connectivity index (χ0v) is 16.4. The number of carbonyl (C=O) groups is 1. The number of methoxy groups -OCH3 is 2. The van der Waals surface area contributed by atoms with Crippen LogP contribution in [0.1, 0.15) is 66.6 Å². The van der Waals surface area contributed by atoms with Crippen molar-refractivity contribution < 1.29 is 14.3 Å². The zero-order chi connectivity index (χ0) is 18.9. The Labute approximate surface area is 157 Å². The molecule has 0 saturated heterocycles. The van der Waals surface area contributed by atoms with Crippen LogP contribution in [-0.2, 0) is 12.8 Å². The first-order valence-corrected chi connectivity index (χ1v) is 9.53. The molecule has 0 unspecified atom stereocenters. The fourth-order valence-electron chi connectivity index (χ4n) is 3.13. The Bertz CT molecular complexity index is 673. The van der Waals surface area contributed by atoms with E-state index in [1.165, 1.54) is 0 Å². The third kappa shape index (κ3) is 4.87. The summed E-state index contributed by atoms with van der Waals surface area (Å²) in [5, 5.41) is 0. The number of ketones is 1. The van der Waals surface area contributed by atoms with Gasteiger partial charge in [0.05, 0.1) is 14.2 Å². The summed E-state index contributed by atoms with van der Waals surface area (Å²) in [5.74, 6) is 1.69. The third-order valence-corrected chi connectivity index (χ3v) is 4.71. The standard InChI is InChI=1S/C23H30O3/c1-5-7-9-17-15-19(25-3)11-13-21(17)23(24)22-14-12-20(26-4)16-18(22)10-8-6-2/h11-16H,5-10H2,1-4H3. The number of hydrogen-bond acceptors (Lipinski definition) is 3. The van der Waals surface area contributed by atoms with E-state index in [1.807, 2.05) is 36.4 Å². The summed E-state index contributed by atoms with van der Waals surface area (Å²) >= 11 is 0. The van der Waals surface area contributed by atoms with Gasteiger partial charge >= 0.3 is 0 Å². The van der Waals surface area contributed by atoms with Crippen molar-refractivity contribution in [3.63, 3.8) is 0 Å². The summed E-state index contributed by atoms with van der Waals surface area (Å²) in [7, 11) is 3.32. The van der Waals surface area contributed by atoms with E-state index in [-0.39, 0.29) is 5.78 Å². The van der Waals surface area contributed by atoms with Crippen LogP contribution < -0.4 is 9.47 Å². The average Bonchev–Trinajstić information content (AvgIpc) is 2.69. The minimum atomic E-state index is 0.0903. The molecule has 2 aromatic rings. The van der Waals surface area contributed by atoms with Crippen molar-refractivity contribution in [1.82, 2.24) is 0 Å². The maximum Gasteiger partial charge on any atom is 0.193 e. The summed E-state index contributed by atoms with van der Waals surface area (Å²) in [6.45, 7) is 4.32. The summed E-state index contributed by atoms with van der Waals surface area (Å²) in [5.41, 5.74) is 3.69. The molecule has 0 atom stereocenters. The maximum absolute atomic E-state index is 13.3. The van der Waals surface area contributed by atoms with Crippen molar-refractivity contribution >= 4 is 5.78 Å². The molecule has 0 aromatic heterocycles. The molecule has 2 aromatic carbocycles. The molecule has 26 heavy (non-hydrogen) atoms. The fourth-order valence-corrected chi connectivity index (χ4v) is 3.13. The Morgan fingerprint density at radius 2 is 1.19 bits per heavy atom. The Kier molecular flexibility index (Phi) is 7.71. The van der Waals surface area contributed by atoms with E-state index < -0.39 is 0 Å². The molecule has 0 heterocycles. The fraction of sp³-hybridized carbons (Fsp3) is 0.435. The van der Waals surface area contributed by atoms with Gasteiger partial charge in [-0.1, -0.05) is 26.7 Å². The van der Waals surface area contributed by atoms with E-state index in [4.69, 9.17) is 9.47 Å². The van der Waals surface area contributed by atoms with E-state index in [9.17, 15) is 4.79 Å². The SMILES string of the molecule is CCCCc1cc(OC)ccc1C(=O)c1ccc(OC)cc1CCCC. The van der Waals surface area contributed by atoms with E-state index in [0.717, 1.165) is 72.3 Å². The van der Waals surface area contributed by atoms with Crippen molar-refractivity contribution in [2.75, 3.05) is 14.2 Å². The second-order valence-electron chi connectivity index (χ2n) is 6.58. The molecule has 3 heteroatoms. The lowest BCUT2D eigenvalue weighted by molar-refractivity contribution is 0.103. The molecule has 0 aliphatic heterocycles. The second kappa shape index (κ2) is 10.0. The van der Waals surface area contributed by atoms with Crippen LogP contribution in [0.2, 0.25) is 0 Å². The maximum atomic E-state index is 13.3. The highest BCUT2D eigenvalue weighted by molar-refractivity contribution is 6.11. The number of carbonyl (C=O) groups excluding carboxylic acids is 1. The molecule has 0 radical (unpaired) electrons. The minimum Gasteiger partial charge on any atom is -0.497 e. The number of rotatable bonds is 10. The van der Waals surface area contributed by atoms with Gasteiger partial charge in [-0.15, -0.1) is 0 Å². The van der Waals surface area contributed by atoms with Crippen molar-refractivity contribution in [2.24, 2.45) is 0 Å². The number of benzene rings is 2. The van der Waals surface area contributed by atoms with E-state index in [2.05, 4.69) is 13.8 Å². The van der Waals surface area contributed by atoms with Gasteiger partial charge in [0.15, 0.2) is 5.78 Å². The van der Waals surface area contributed by atoms with E-state index >= 15 is 0 Å². The lowest BCUT2D eigenvalue weighted by Crippen LogP contribution is -2.09. The number of unbranched alkanes of at least 4 members (excludes halogenated alkanes) is 2. The van der Waals surface area contributed by atoms with Gasteiger partial charge in [-0.2, -0.15) is 0 Å². The summed E-state index contributed by atoms with van der Waals surface area (Å²) in [6, 6.07) is 11.5. The van der Waals surface area contributed by atoms with E-state index in [1.54, 1.807) is 14.2 Å². The summed E-state index contributed by atoms with van der Waals surface area (Å²) in [4.78, 5) is 13.3. The highest BCUT2D eigenvalue weighted by Crippen LogP contribution is 2.26. The largest absolute Gasteiger partial charge is 0.497 e. The zero-order valence-electron chi connectivity index (χ0n) is 16.4. The molecule has 0 spiro atoms. The predicted octanol–water partition coefficient (Wildman–Crippen LogP) is 5.62. The van der Waals surface area contributed by atoms with Crippen molar-refractivity contribution in [3.05, 3.63) is 58.7 Å². The molecule has 2 rings (SSSR count). The monoisotopic (exact) mass is 354 g/mol. The van der Waals surface area contributed by atoms with Crippen LogP contribution >= 0.6 is 0 Å². The van der Waals surface area contributed by atoms with Crippen molar-refractivity contribution in [1.29, 1.82) is 0 Å². The molecule has 3 nitrogen and oxygen atoms in total. The molecule has 0 fully saturated rings. The van der Waals surface area contributed by atoms with Gasteiger partial charge in [0.2, 0.25) is 0 Å². The smallest absolute Gasteiger partial charge is 0.193 e. The Hall–Kier alpha value is -2.29. The van der Waals surface area contributed by atoms with Gasteiger partial charge in [0.25, 0.3) is 0 Å². The summed E-state index contributed by atoms with van der Waals surface area (Å²) < 4.78 is 10.7. The van der Waals surface area contributed by atoms with Crippen LogP contribution in [0, 0.1) is 0 Å². The average molecular weight is 354 g/mol. The van der Waals surface area contributed by atoms with Crippen LogP contribution in [0.15, 0.2) is 36.4 Å². The predicted molar refractivity (Wildman–Crippen MR) is 107 cm³/mol. The Balaban J connectivity index is 2.44. The molecular formula is C23H30O3. The van der Waals surface area contributed by atoms with Crippen LogP contribution in [-0.4, -0.2) is 20.0 Å². The number of ether oxygens (including phenoxy) is 2. The lowest BCUT2D eigenvalue weighted by Gasteiger charge is -2.14. The first-order valence-electron chi connectivity index (χ1n) is 9.53. The lowest BCUT2D eigenvalue weighted by atomic mass is 9.91. The minimum absolute atomic E-state index is 0.0903. The number of hydrogen-bond donors (Lipinski definition) is 0. The van der Waals surface area contributed by atoms with Gasteiger partial charge in [-0.05, 0) is 73.2 Å². The first kappa shape index (κ1) is 20.0. The van der Waals surface area contributed by atoms with Crippen LogP contribution in [0.3, 0.4) is 0 Å². The third-order valence-electron chi connectivity index (χ3n) is 4.71. The van der Waals surface area contributed by atoms with Crippen LogP contribution in [0.25, 0.3) is 0 Å². The Morgan fingerprint density at radius 1 is 0.769 bits per heavy atom. The van der Waals surface area contributed by atoms with Crippen LogP contribution in [0.4, 0.5) is 0 Å². The summed E-state index contributed by atoms with van der Waals surface area (Å²) in [6.07, 6.45) is 6.06. The molecular weight excluding hydrogens is 324 g/mol. The Morgan fingerprint density at radius 3 is 1.54 bits per heavy atom. The topological polar surface area (TPSA) is 35.5 Å². The highest BCUT2D eigenvalue weighted by atomic mass is 16.5. The molecule has 140 valence electrons. The molecule has 0 N–H and O–H groups in total. The van der Waals surface area contributed by atoms with Gasteiger partial charge < -0.3 is 9.47 Å². The quantitative estimate of drug-likeness (QED) is 0.519. The second-order valence-corrected chi connectivity index (χ2v) is 6.58. The van der Waals surface area contributed by atoms with Gasteiger partial charge in [-0.25, -0.2) is 0 Å². The van der Waals surface area contributed by atoms with E-state index in [0.29, 0.717) is 0 Å². The highest BCUT2D eigenvalue weighted by Gasteiger charge is 2.18.